The first-order chi connectivity index (χ1) is 8.09. The van der Waals surface area contributed by atoms with Crippen LogP contribution in [0, 0.1) is 0 Å². The molecule has 2 rings (SSSR count). The van der Waals surface area contributed by atoms with Crippen LogP contribution in [0.2, 0.25) is 0 Å². The third-order valence-electron chi connectivity index (χ3n) is 2.98. The number of amides is 1. The monoisotopic (exact) mass is 288 g/mol. The molecular formula is C12H17ClN2O2S. The number of halogens is 1. The topological polar surface area (TPSA) is 49.4 Å². The molecule has 1 aliphatic heterocycles. The van der Waals surface area contributed by atoms with E-state index in [0.717, 1.165) is 19.6 Å². The Morgan fingerprint density at radius 3 is 2.78 bits per heavy atom. The molecule has 1 aliphatic rings. The molecule has 1 atom stereocenters. The van der Waals surface area contributed by atoms with Crippen molar-refractivity contribution in [1.82, 2.24) is 10.2 Å². The molecule has 1 N–H and O–H groups in total. The predicted molar refractivity (Wildman–Crippen MR) is 74.9 cm³/mol. The normalized spacial score (nSPS) is 19.2. The Hall–Kier alpha value is -0.910. The third kappa shape index (κ3) is 3.10. The number of hydrogen-bond acceptors (Lipinski definition) is 4. The zero-order chi connectivity index (χ0) is 12.4. The van der Waals surface area contributed by atoms with Crippen LogP contribution >= 0.6 is 23.7 Å². The van der Waals surface area contributed by atoms with Crippen LogP contribution < -0.4 is 5.32 Å². The molecule has 0 aromatic carbocycles. The summed E-state index contributed by atoms with van der Waals surface area (Å²) in [5.41, 5.74) is 0.626. The van der Waals surface area contributed by atoms with E-state index in [4.69, 9.17) is 0 Å². The van der Waals surface area contributed by atoms with Gasteiger partial charge in [0, 0.05) is 36.6 Å². The van der Waals surface area contributed by atoms with Gasteiger partial charge in [-0.25, -0.2) is 0 Å². The van der Waals surface area contributed by atoms with Crippen molar-refractivity contribution in [1.29, 1.82) is 0 Å². The molecule has 1 saturated heterocycles. The van der Waals surface area contributed by atoms with Gasteiger partial charge in [-0.2, -0.15) is 0 Å². The molecule has 18 heavy (non-hydrogen) atoms. The van der Waals surface area contributed by atoms with Crippen molar-refractivity contribution < 1.29 is 9.59 Å². The summed E-state index contributed by atoms with van der Waals surface area (Å²) in [7, 11) is 0. The van der Waals surface area contributed by atoms with E-state index in [2.05, 4.69) is 5.32 Å². The van der Waals surface area contributed by atoms with Gasteiger partial charge in [-0.15, -0.1) is 23.7 Å². The molecule has 0 saturated carbocycles. The zero-order valence-electron chi connectivity index (χ0n) is 10.4. The van der Waals surface area contributed by atoms with Crippen molar-refractivity contribution in [3.05, 3.63) is 21.9 Å². The van der Waals surface area contributed by atoms with E-state index in [1.807, 2.05) is 11.8 Å². The van der Waals surface area contributed by atoms with Crippen LogP contribution in [-0.2, 0) is 0 Å². The Morgan fingerprint density at radius 2 is 2.22 bits per heavy atom. The molecule has 0 spiro atoms. The number of ketones is 1. The lowest BCUT2D eigenvalue weighted by molar-refractivity contribution is 0.0661. The molecule has 1 fully saturated rings. The quantitative estimate of drug-likeness (QED) is 0.845. The van der Waals surface area contributed by atoms with Crippen molar-refractivity contribution >= 4 is 35.4 Å². The van der Waals surface area contributed by atoms with E-state index < -0.39 is 0 Å². The molecule has 4 nitrogen and oxygen atoms in total. The minimum absolute atomic E-state index is 0. The van der Waals surface area contributed by atoms with Crippen LogP contribution in [0.1, 0.15) is 33.9 Å². The Labute approximate surface area is 117 Å². The fourth-order valence-electron chi connectivity index (χ4n) is 1.92. The first-order valence-corrected chi connectivity index (χ1v) is 6.58. The number of thiophene rings is 1. The van der Waals surface area contributed by atoms with Gasteiger partial charge in [-0.05, 0) is 19.9 Å². The minimum atomic E-state index is 0. The van der Waals surface area contributed by atoms with E-state index in [0.29, 0.717) is 10.4 Å². The maximum absolute atomic E-state index is 12.2. The van der Waals surface area contributed by atoms with E-state index in [1.165, 1.54) is 18.3 Å². The van der Waals surface area contributed by atoms with Gasteiger partial charge in [0.2, 0.25) is 0 Å². The molecule has 0 bridgehead atoms. The summed E-state index contributed by atoms with van der Waals surface area (Å²) >= 11 is 1.35. The average molecular weight is 289 g/mol. The van der Waals surface area contributed by atoms with Crippen LogP contribution in [0.25, 0.3) is 0 Å². The number of carbonyl (C=O) groups excluding carboxylic acids is 2. The van der Waals surface area contributed by atoms with Crippen LogP contribution in [0.4, 0.5) is 0 Å². The second kappa shape index (κ2) is 6.31. The van der Waals surface area contributed by atoms with Gasteiger partial charge in [-0.3, -0.25) is 9.59 Å². The molecule has 0 unspecified atom stereocenters. The predicted octanol–water partition coefficient (Wildman–Crippen LogP) is 1.81. The molecular weight excluding hydrogens is 272 g/mol. The lowest BCUT2D eigenvalue weighted by Crippen LogP contribution is -2.52. The van der Waals surface area contributed by atoms with Crippen molar-refractivity contribution in [2.75, 3.05) is 19.6 Å². The number of hydrogen-bond donors (Lipinski definition) is 1. The molecule has 6 heteroatoms. The lowest BCUT2D eigenvalue weighted by atomic mass is 10.2. The van der Waals surface area contributed by atoms with Crippen molar-refractivity contribution in [2.45, 2.75) is 19.9 Å². The van der Waals surface area contributed by atoms with E-state index in [9.17, 15) is 9.59 Å². The van der Waals surface area contributed by atoms with E-state index in [1.54, 1.807) is 11.4 Å². The Morgan fingerprint density at radius 1 is 1.50 bits per heavy atom. The second-order valence-electron chi connectivity index (χ2n) is 4.31. The Bertz CT molecular complexity index is 447. The molecule has 0 aliphatic carbocycles. The van der Waals surface area contributed by atoms with Gasteiger partial charge in [0.05, 0.1) is 4.88 Å². The molecule has 1 aromatic rings. The van der Waals surface area contributed by atoms with Crippen molar-refractivity contribution in [3.8, 4) is 0 Å². The Kier molecular flexibility index (Phi) is 5.31. The molecule has 100 valence electrons. The fourth-order valence-corrected chi connectivity index (χ4v) is 2.82. The summed E-state index contributed by atoms with van der Waals surface area (Å²) in [6.45, 7) is 5.94. The van der Waals surface area contributed by atoms with Crippen LogP contribution in [0.5, 0.6) is 0 Å². The SMILES string of the molecule is CC(=O)c1csc(C(=O)N2CCNC[C@@H]2C)c1.Cl. The second-order valence-corrected chi connectivity index (χ2v) is 5.22. The van der Waals surface area contributed by atoms with E-state index in [-0.39, 0.29) is 30.1 Å². The number of carbonyl (C=O) groups is 2. The molecule has 0 radical (unpaired) electrons. The highest BCUT2D eigenvalue weighted by molar-refractivity contribution is 7.12. The Balaban J connectivity index is 0.00000162. The lowest BCUT2D eigenvalue weighted by Gasteiger charge is -2.33. The number of nitrogens with one attached hydrogen (secondary N) is 1. The minimum Gasteiger partial charge on any atom is -0.333 e. The summed E-state index contributed by atoms with van der Waals surface area (Å²) in [6.07, 6.45) is 0. The van der Waals surface area contributed by atoms with Crippen molar-refractivity contribution in [2.24, 2.45) is 0 Å². The summed E-state index contributed by atoms with van der Waals surface area (Å²) in [6, 6.07) is 1.91. The zero-order valence-corrected chi connectivity index (χ0v) is 12.1. The van der Waals surface area contributed by atoms with Crippen molar-refractivity contribution in [3.63, 3.8) is 0 Å². The van der Waals surface area contributed by atoms with Gasteiger partial charge in [0.25, 0.3) is 5.91 Å². The highest BCUT2D eigenvalue weighted by Crippen LogP contribution is 2.19. The summed E-state index contributed by atoms with van der Waals surface area (Å²) in [5.74, 6) is 0.0464. The molecule has 1 amide bonds. The first kappa shape index (κ1) is 15.1. The fraction of sp³-hybridized carbons (Fsp3) is 0.500. The maximum Gasteiger partial charge on any atom is 0.264 e. The molecule has 2 heterocycles. The summed E-state index contributed by atoms with van der Waals surface area (Å²) in [4.78, 5) is 26.0. The smallest absolute Gasteiger partial charge is 0.264 e. The maximum atomic E-state index is 12.2. The van der Waals surface area contributed by atoms with Gasteiger partial charge in [-0.1, -0.05) is 0 Å². The van der Waals surface area contributed by atoms with Crippen LogP contribution in [-0.4, -0.2) is 42.3 Å². The largest absolute Gasteiger partial charge is 0.333 e. The number of Topliss-reactive ketones (excluding diaryl/α,β-unsaturated/α-hetero) is 1. The summed E-state index contributed by atoms with van der Waals surface area (Å²) < 4.78 is 0. The molecule has 1 aromatic heterocycles. The van der Waals surface area contributed by atoms with Gasteiger partial charge < -0.3 is 10.2 Å². The van der Waals surface area contributed by atoms with E-state index >= 15 is 0 Å². The van der Waals surface area contributed by atoms with Gasteiger partial charge in [0.15, 0.2) is 5.78 Å². The highest BCUT2D eigenvalue weighted by atomic mass is 35.5. The standard InChI is InChI=1S/C12H16N2O2S.ClH/c1-8-6-13-3-4-14(8)12(16)11-5-10(7-17-11)9(2)15;/h5,7-8,13H,3-4,6H2,1-2H3;1H/t8-;/m0./s1. The number of rotatable bonds is 2. The van der Waals surface area contributed by atoms with Gasteiger partial charge >= 0.3 is 0 Å². The highest BCUT2D eigenvalue weighted by Gasteiger charge is 2.25. The number of nitrogens with zero attached hydrogens (tertiary/aromatic N) is 1. The first-order valence-electron chi connectivity index (χ1n) is 5.70. The van der Waals surface area contributed by atoms with Crippen LogP contribution in [0.15, 0.2) is 11.4 Å². The number of piperazine rings is 1. The summed E-state index contributed by atoms with van der Waals surface area (Å²) in [5, 5.41) is 5.00. The third-order valence-corrected chi connectivity index (χ3v) is 3.90. The van der Waals surface area contributed by atoms with Gasteiger partial charge in [0.1, 0.15) is 0 Å². The van der Waals surface area contributed by atoms with Crippen LogP contribution in [0.3, 0.4) is 0 Å². The average Bonchev–Trinajstić information content (AvgIpc) is 2.78.